The summed E-state index contributed by atoms with van der Waals surface area (Å²) in [5, 5.41) is 6.88. The van der Waals surface area contributed by atoms with Gasteiger partial charge in [0.25, 0.3) is 0 Å². The minimum atomic E-state index is -5.34. The highest BCUT2D eigenvalue weighted by Crippen LogP contribution is 2.18. The molecule has 4 nitrogen and oxygen atoms in total. The van der Waals surface area contributed by atoms with Gasteiger partial charge in [0, 0.05) is 0 Å². The maximum Gasteiger partial charge on any atom is 0.511 e. The van der Waals surface area contributed by atoms with Crippen LogP contribution in [0, 0.1) is 0 Å². The predicted molar refractivity (Wildman–Crippen MR) is 41.3 cm³/mol. The molecule has 0 unspecified atom stereocenters. The van der Waals surface area contributed by atoms with Crippen LogP contribution in [0.4, 0.5) is 13.2 Å². The van der Waals surface area contributed by atoms with E-state index < -0.39 is 15.5 Å². The average Bonchev–Trinajstić information content (AvgIpc) is 2.35. The zero-order valence-electron chi connectivity index (χ0n) is 6.76. The normalized spacial score (nSPS) is 17.8. The monoisotopic (exact) mass is 220 g/mol. The van der Waals surface area contributed by atoms with Crippen molar-refractivity contribution < 1.29 is 21.6 Å². The number of alkyl halides is 3. The smallest absolute Gasteiger partial charge is 0.317 e. The summed E-state index contributed by atoms with van der Waals surface area (Å²) in [7, 11) is -5.34. The second-order valence-corrected chi connectivity index (χ2v) is 4.00. The van der Waals surface area contributed by atoms with Crippen molar-refractivity contribution in [1.82, 2.24) is 5.32 Å². The summed E-state index contributed by atoms with van der Waals surface area (Å²) >= 11 is 0. The first-order valence-electron chi connectivity index (χ1n) is 3.55. The molecule has 1 heterocycles. The zero-order chi connectivity index (χ0) is 10.5. The van der Waals surface area contributed by atoms with Gasteiger partial charge in [-0.2, -0.15) is 13.2 Å². The van der Waals surface area contributed by atoms with E-state index in [2.05, 4.69) is 10.5 Å². The van der Waals surface area contributed by atoms with Gasteiger partial charge in [0.1, 0.15) is 0 Å². The van der Waals surface area contributed by atoms with Gasteiger partial charge >= 0.3 is 15.5 Å². The highest BCUT2D eigenvalue weighted by atomic mass is 32.2. The van der Waals surface area contributed by atoms with Crippen LogP contribution in [0.1, 0.15) is 12.8 Å². The maximum atomic E-state index is 10.8. The summed E-state index contributed by atoms with van der Waals surface area (Å²) in [5.74, 6) is 0. The van der Waals surface area contributed by atoms with Crippen molar-refractivity contribution in [2.45, 2.75) is 18.3 Å². The van der Waals surface area contributed by atoms with Crippen LogP contribution in [0.25, 0.3) is 0 Å². The van der Waals surface area contributed by atoms with E-state index in [1.54, 1.807) is 0 Å². The summed E-state index contributed by atoms with van der Waals surface area (Å²) in [6, 6.07) is 0. The average molecular weight is 220 g/mol. The molecule has 1 aliphatic rings. The third kappa shape index (κ3) is 5.83. The molecule has 0 aromatic heterocycles. The Morgan fingerprint density at radius 2 is 1.46 bits per heavy atom. The highest BCUT2D eigenvalue weighted by molar-refractivity contribution is 7.90. The van der Waals surface area contributed by atoms with Gasteiger partial charge < -0.3 is 5.32 Å². The van der Waals surface area contributed by atoms with Crippen LogP contribution < -0.4 is 10.5 Å². The van der Waals surface area contributed by atoms with Crippen molar-refractivity contribution in [1.29, 1.82) is 0 Å². The molecule has 1 rings (SSSR count). The van der Waals surface area contributed by atoms with Crippen LogP contribution in [0.5, 0.6) is 0 Å². The molecule has 8 heteroatoms. The van der Waals surface area contributed by atoms with Gasteiger partial charge in [-0.05, 0) is 25.9 Å². The molecule has 0 aliphatic carbocycles. The lowest BCUT2D eigenvalue weighted by Crippen LogP contribution is -2.30. The minimum Gasteiger partial charge on any atom is -0.317 e. The Morgan fingerprint density at radius 3 is 1.54 bits per heavy atom. The third-order valence-corrected chi connectivity index (χ3v) is 1.92. The first-order chi connectivity index (χ1) is 5.75. The minimum absolute atomic E-state index is 1.25. The van der Waals surface area contributed by atoms with Crippen LogP contribution in [-0.2, 0) is 10.0 Å². The van der Waals surface area contributed by atoms with Crippen molar-refractivity contribution >= 4 is 10.0 Å². The Hall–Kier alpha value is -0.340. The van der Waals surface area contributed by atoms with Gasteiger partial charge in [0.15, 0.2) is 0 Å². The Bertz CT molecular complexity index is 225. The zero-order valence-corrected chi connectivity index (χ0v) is 7.58. The van der Waals surface area contributed by atoms with Gasteiger partial charge in [-0.25, -0.2) is 13.6 Å². The third-order valence-electron chi connectivity index (χ3n) is 1.28. The first kappa shape index (κ1) is 12.7. The molecule has 0 aromatic rings. The van der Waals surface area contributed by atoms with Crippen molar-refractivity contribution in [3.63, 3.8) is 0 Å². The fourth-order valence-electron chi connectivity index (χ4n) is 0.625. The van der Waals surface area contributed by atoms with Gasteiger partial charge in [-0.15, -0.1) is 0 Å². The van der Waals surface area contributed by atoms with Crippen LogP contribution in [-0.4, -0.2) is 27.0 Å². The quantitative estimate of drug-likeness (QED) is 0.611. The first-order valence-corrected chi connectivity index (χ1v) is 5.09. The fraction of sp³-hybridized carbons (Fsp3) is 1.00. The molecular formula is C5H11F3N2O2S. The van der Waals surface area contributed by atoms with Gasteiger partial charge in [0.05, 0.1) is 0 Å². The van der Waals surface area contributed by atoms with Gasteiger partial charge in [-0.1, -0.05) is 0 Å². The lowest BCUT2D eigenvalue weighted by molar-refractivity contribution is -0.0436. The predicted octanol–water partition coefficient (Wildman–Crippen LogP) is 0.164. The molecule has 0 aromatic carbocycles. The van der Waals surface area contributed by atoms with E-state index in [0.717, 1.165) is 0 Å². The van der Waals surface area contributed by atoms with Crippen molar-refractivity contribution in [3.8, 4) is 0 Å². The summed E-state index contributed by atoms with van der Waals surface area (Å²) in [5.41, 5.74) is -5.31. The van der Waals surface area contributed by atoms with E-state index in [1.807, 2.05) is 0 Å². The van der Waals surface area contributed by atoms with E-state index in [9.17, 15) is 21.6 Å². The molecule has 80 valence electrons. The van der Waals surface area contributed by atoms with Crippen molar-refractivity contribution in [3.05, 3.63) is 0 Å². The largest absolute Gasteiger partial charge is 0.511 e. The Kier molecular flexibility index (Phi) is 4.65. The van der Waals surface area contributed by atoms with E-state index in [-0.39, 0.29) is 0 Å². The maximum absolute atomic E-state index is 10.8. The number of halogens is 3. The molecule has 0 amide bonds. The SMILES string of the molecule is C1CCNC1.NS(=O)(=O)C(F)(F)F. The molecule has 0 spiro atoms. The summed E-state index contributed by atoms with van der Waals surface area (Å²) in [4.78, 5) is 0. The molecular weight excluding hydrogens is 209 g/mol. The number of nitrogens with two attached hydrogens (primary N) is 1. The van der Waals surface area contributed by atoms with Gasteiger partial charge in [-0.3, -0.25) is 0 Å². The second-order valence-electron chi connectivity index (χ2n) is 2.45. The molecule has 3 N–H and O–H groups in total. The number of hydrogen-bond donors (Lipinski definition) is 2. The lowest BCUT2D eigenvalue weighted by atomic mass is 10.4. The molecule has 0 atom stereocenters. The molecule has 1 fully saturated rings. The molecule has 13 heavy (non-hydrogen) atoms. The molecule has 0 radical (unpaired) electrons. The van der Waals surface area contributed by atoms with E-state index in [0.29, 0.717) is 0 Å². The van der Waals surface area contributed by atoms with Crippen molar-refractivity contribution in [2.75, 3.05) is 13.1 Å². The number of primary sulfonamides is 1. The highest BCUT2D eigenvalue weighted by Gasteiger charge is 2.42. The van der Waals surface area contributed by atoms with Crippen LogP contribution in [0.2, 0.25) is 0 Å². The molecule has 0 saturated carbocycles. The Labute approximate surface area is 74.3 Å². The second kappa shape index (κ2) is 4.77. The number of nitrogens with one attached hydrogen (secondary N) is 1. The van der Waals surface area contributed by atoms with Gasteiger partial charge in [0.2, 0.25) is 0 Å². The fourth-order valence-corrected chi connectivity index (χ4v) is 0.625. The standard InChI is InChI=1S/C4H9N.CH2F3NO2S/c1-2-4-5-3-1;2-1(3,4)8(5,6)7/h5H,1-4H2;(H2,5,6,7). The van der Waals surface area contributed by atoms with Crippen LogP contribution in [0.15, 0.2) is 0 Å². The van der Waals surface area contributed by atoms with E-state index in [4.69, 9.17) is 0 Å². The Morgan fingerprint density at radius 1 is 1.15 bits per heavy atom. The topological polar surface area (TPSA) is 72.2 Å². The summed E-state index contributed by atoms with van der Waals surface area (Å²) in [6.45, 7) is 2.50. The summed E-state index contributed by atoms with van der Waals surface area (Å²) in [6.07, 6.45) is 2.78. The van der Waals surface area contributed by atoms with Crippen LogP contribution in [0.3, 0.4) is 0 Å². The number of sulfonamides is 1. The number of rotatable bonds is 0. The molecule has 0 bridgehead atoms. The summed E-state index contributed by atoms with van der Waals surface area (Å²) < 4.78 is 51.2. The molecule has 1 aliphatic heterocycles. The van der Waals surface area contributed by atoms with Crippen molar-refractivity contribution in [2.24, 2.45) is 5.14 Å². The Balaban J connectivity index is 0.000000243. The van der Waals surface area contributed by atoms with E-state index in [1.165, 1.54) is 25.9 Å². The van der Waals surface area contributed by atoms with Crippen LogP contribution >= 0.6 is 0 Å². The molecule has 1 saturated heterocycles. The van der Waals surface area contributed by atoms with E-state index >= 15 is 0 Å². The number of hydrogen-bond acceptors (Lipinski definition) is 3. The lowest BCUT2D eigenvalue weighted by Gasteiger charge is -1.98.